The second-order valence-corrected chi connectivity index (χ2v) is 4.24. The first-order valence-corrected chi connectivity index (χ1v) is 4.96. The summed E-state index contributed by atoms with van der Waals surface area (Å²) in [6.07, 6.45) is 1.58. The van der Waals surface area contributed by atoms with Crippen LogP contribution < -0.4 is 0 Å². The number of aromatic nitrogens is 2. The number of rotatable bonds is 2. The number of esters is 1. The van der Waals surface area contributed by atoms with Crippen LogP contribution in [0.3, 0.4) is 0 Å². The second kappa shape index (κ2) is 4.38. The highest BCUT2D eigenvalue weighted by Crippen LogP contribution is 2.17. The van der Waals surface area contributed by atoms with Crippen molar-refractivity contribution in [3.05, 3.63) is 23.8 Å². The predicted molar refractivity (Wildman–Crippen MR) is 56.7 cm³/mol. The van der Waals surface area contributed by atoms with E-state index in [-0.39, 0.29) is 5.41 Å². The zero-order valence-corrected chi connectivity index (χ0v) is 9.57. The van der Waals surface area contributed by atoms with Crippen molar-refractivity contribution in [1.29, 1.82) is 0 Å². The Hall–Kier alpha value is -1.45. The highest BCUT2D eigenvalue weighted by molar-refractivity contribution is 5.87. The standard InChI is InChI=1S/C11H16N2O2/c1-5-15-9(14)8-6-7-12-10(13-8)11(2,3)4/h6-7H,5H2,1-4H3. The van der Waals surface area contributed by atoms with Gasteiger partial charge in [0.05, 0.1) is 6.61 Å². The molecule has 0 bridgehead atoms. The molecule has 0 spiro atoms. The highest BCUT2D eigenvalue weighted by Gasteiger charge is 2.19. The maximum atomic E-state index is 11.4. The topological polar surface area (TPSA) is 52.1 Å². The molecule has 1 rings (SSSR count). The third-order valence-electron chi connectivity index (χ3n) is 1.81. The van der Waals surface area contributed by atoms with Gasteiger partial charge in [0.15, 0.2) is 5.69 Å². The number of carbonyl (C=O) groups excluding carboxylic acids is 1. The van der Waals surface area contributed by atoms with Crippen LogP contribution in [0.25, 0.3) is 0 Å². The first-order valence-electron chi connectivity index (χ1n) is 4.96. The summed E-state index contributed by atoms with van der Waals surface area (Å²) in [4.78, 5) is 19.7. The Labute approximate surface area is 89.7 Å². The van der Waals surface area contributed by atoms with Crippen LogP contribution in [0.4, 0.5) is 0 Å². The molecule has 0 aromatic carbocycles. The van der Waals surface area contributed by atoms with Gasteiger partial charge in [0.25, 0.3) is 0 Å². The molecule has 0 aliphatic carbocycles. The smallest absolute Gasteiger partial charge is 0.357 e. The molecule has 4 heteroatoms. The van der Waals surface area contributed by atoms with E-state index in [1.54, 1.807) is 19.2 Å². The SMILES string of the molecule is CCOC(=O)c1ccnc(C(C)(C)C)n1. The van der Waals surface area contributed by atoms with Gasteiger partial charge in [-0.2, -0.15) is 0 Å². The molecule has 0 unspecified atom stereocenters. The van der Waals surface area contributed by atoms with E-state index in [1.807, 2.05) is 20.8 Å². The van der Waals surface area contributed by atoms with E-state index in [0.717, 1.165) is 0 Å². The van der Waals surface area contributed by atoms with Gasteiger partial charge in [-0.15, -0.1) is 0 Å². The van der Waals surface area contributed by atoms with E-state index in [2.05, 4.69) is 9.97 Å². The largest absolute Gasteiger partial charge is 0.461 e. The van der Waals surface area contributed by atoms with Gasteiger partial charge in [0, 0.05) is 11.6 Å². The lowest BCUT2D eigenvalue weighted by Crippen LogP contribution is -2.18. The van der Waals surface area contributed by atoms with Crippen LogP contribution in [0.15, 0.2) is 12.3 Å². The van der Waals surface area contributed by atoms with Crippen molar-refractivity contribution in [3.63, 3.8) is 0 Å². The summed E-state index contributed by atoms with van der Waals surface area (Å²) in [5, 5.41) is 0. The number of ether oxygens (including phenoxy) is 1. The Balaban J connectivity index is 2.98. The molecule has 0 aliphatic heterocycles. The van der Waals surface area contributed by atoms with Gasteiger partial charge >= 0.3 is 5.97 Å². The first-order chi connectivity index (χ1) is 6.95. The molecule has 0 radical (unpaired) electrons. The molecule has 82 valence electrons. The summed E-state index contributed by atoms with van der Waals surface area (Å²) in [6, 6.07) is 1.56. The van der Waals surface area contributed by atoms with Crippen molar-refractivity contribution >= 4 is 5.97 Å². The van der Waals surface area contributed by atoms with Gasteiger partial charge in [-0.1, -0.05) is 20.8 Å². The Morgan fingerprint density at radius 3 is 2.67 bits per heavy atom. The van der Waals surface area contributed by atoms with E-state index < -0.39 is 5.97 Å². The van der Waals surface area contributed by atoms with Crippen LogP contribution >= 0.6 is 0 Å². The summed E-state index contributed by atoms with van der Waals surface area (Å²) in [6.45, 7) is 8.11. The summed E-state index contributed by atoms with van der Waals surface area (Å²) >= 11 is 0. The number of hydrogen-bond acceptors (Lipinski definition) is 4. The minimum atomic E-state index is -0.398. The van der Waals surface area contributed by atoms with Crippen molar-refractivity contribution in [2.24, 2.45) is 0 Å². The van der Waals surface area contributed by atoms with Crippen LogP contribution in [-0.4, -0.2) is 22.5 Å². The van der Waals surface area contributed by atoms with Gasteiger partial charge < -0.3 is 4.74 Å². The average Bonchev–Trinajstić information content (AvgIpc) is 2.17. The van der Waals surface area contributed by atoms with Crippen LogP contribution in [0.5, 0.6) is 0 Å². The average molecular weight is 208 g/mol. The van der Waals surface area contributed by atoms with Crippen molar-refractivity contribution < 1.29 is 9.53 Å². The van der Waals surface area contributed by atoms with Crippen LogP contribution in [-0.2, 0) is 10.2 Å². The normalized spacial score (nSPS) is 11.2. The summed E-state index contributed by atoms with van der Waals surface area (Å²) in [5.74, 6) is 0.249. The van der Waals surface area contributed by atoms with Gasteiger partial charge in [-0.3, -0.25) is 0 Å². The quantitative estimate of drug-likeness (QED) is 0.697. The Bertz CT molecular complexity index is 356. The van der Waals surface area contributed by atoms with Crippen molar-refractivity contribution in [2.75, 3.05) is 6.61 Å². The van der Waals surface area contributed by atoms with Gasteiger partial charge in [-0.25, -0.2) is 14.8 Å². The number of nitrogens with zero attached hydrogens (tertiary/aromatic N) is 2. The lowest BCUT2D eigenvalue weighted by molar-refractivity contribution is 0.0518. The zero-order chi connectivity index (χ0) is 11.5. The summed E-state index contributed by atoms with van der Waals surface area (Å²) in [5.41, 5.74) is 0.152. The van der Waals surface area contributed by atoms with Crippen LogP contribution in [0, 0.1) is 0 Å². The van der Waals surface area contributed by atoms with Crippen molar-refractivity contribution in [1.82, 2.24) is 9.97 Å². The minimum absolute atomic E-state index is 0.164. The van der Waals surface area contributed by atoms with E-state index in [1.165, 1.54) is 0 Å². The van der Waals surface area contributed by atoms with Gasteiger partial charge in [-0.05, 0) is 13.0 Å². The lowest BCUT2D eigenvalue weighted by atomic mass is 9.96. The summed E-state index contributed by atoms with van der Waals surface area (Å²) < 4.78 is 4.87. The molecule has 0 aliphatic rings. The molecule has 0 amide bonds. The van der Waals surface area contributed by atoms with Crippen molar-refractivity contribution in [2.45, 2.75) is 33.1 Å². The molecule has 0 saturated carbocycles. The molecule has 0 N–H and O–H groups in total. The molecular formula is C11H16N2O2. The highest BCUT2D eigenvalue weighted by atomic mass is 16.5. The second-order valence-electron chi connectivity index (χ2n) is 4.24. The van der Waals surface area contributed by atoms with Crippen molar-refractivity contribution in [3.8, 4) is 0 Å². The van der Waals surface area contributed by atoms with Crippen LogP contribution in [0.1, 0.15) is 44.0 Å². The summed E-state index contributed by atoms with van der Waals surface area (Å²) in [7, 11) is 0. The Kier molecular flexibility index (Phi) is 3.39. The van der Waals surface area contributed by atoms with Gasteiger partial charge in [0.1, 0.15) is 5.82 Å². The molecule has 0 saturated heterocycles. The Morgan fingerprint density at radius 2 is 2.13 bits per heavy atom. The molecule has 1 heterocycles. The predicted octanol–water partition coefficient (Wildman–Crippen LogP) is 1.95. The van der Waals surface area contributed by atoms with E-state index in [9.17, 15) is 4.79 Å². The van der Waals surface area contributed by atoms with Gasteiger partial charge in [0.2, 0.25) is 0 Å². The van der Waals surface area contributed by atoms with E-state index in [4.69, 9.17) is 4.74 Å². The molecule has 4 nitrogen and oxygen atoms in total. The molecule has 0 fully saturated rings. The molecule has 15 heavy (non-hydrogen) atoms. The molecule has 1 aromatic rings. The third kappa shape index (κ3) is 3.01. The fourth-order valence-electron chi connectivity index (χ4n) is 1.04. The maximum Gasteiger partial charge on any atom is 0.357 e. The monoisotopic (exact) mass is 208 g/mol. The zero-order valence-electron chi connectivity index (χ0n) is 9.57. The number of hydrogen-bond donors (Lipinski definition) is 0. The van der Waals surface area contributed by atoms with E-state index >= 15 is 0 Å². The van der Waals surface area contributed by atoms with Crippen LogP contribution in [0.2, 0.25) is 0 Å². The fourth-order valence-corrected chi connectivity index (χ4v) is 1.04. The maximum absolute atomic E-state index is 11.4. The first kappa shape index (κ1) is 11.6. The minimum Gasteiger partial charge on any atom is -0.461 e. The number of carbonyl (C=O) groups is 1. The Morgan fingerprint density at radius 1 is 1.47 bits per heavy atom. The molecule has 0 atom stereocenters. The third-order valence-corrected chi connectivity index (χ3v) is 1.81. The van der Waals surface area contributed by atoms with E-state index in [0.29, 0.717) is 18.1 Å². The lowest BCUT2D eigenvalue weighted by Gasteiger charge is -2.16. The fraction of sp³-hybridized carbons (Fsp3) is 0.545. The molecule has 1 aromatic heterocycles. The molecular weight excluding hydrogens is 192 g/mol.